The Morgan fingerprint density at radius 2 is 1.48 bits per heavy atom. The highest BCUT2D eigenvalue weighted by Crippen LogP contribution is 2.40. The topological polar surface area (TPSA) is 51.2 Å². The smallest absolute Gasteiger partial charge is 0.163 e. The van der Waals surface area contributed by atoms with Gasteiger partial charge in [-0.1, -0.05) is 114 Å². The highest BCUT2D eigenvalue weighted by molar-refractivity contribution is 6.02. The summed E-state index contributed by atoms with van der Waals surface area (Å²) in [5.41, 5.74) is 8.16. The molecule has 4 rings (SSSR count). The van der Waals surface area contributed by atoms with E-state index in [1.807, 2.05) is 6.92 Å². The number of hydrogen-bond acceptors (Lipinski definition) is 3. The highest BCUT2D eigenvalue weighted by atomic mass is 16.1. The molecule has 0 bridgehead atoms. The van der Waals surface area contributed by atoms with Crippen molar-refractivity contribution in [2.45, 2.75) is 112 Å². The normalized spacial score (nSPS) is 15.5. The van der Waals surface area contributed by atoms with E-state index in [-0.39, 0.29) is 41.5 Å². The van der Waals surface area contributed by atoms with Gasteiger partial charge in [-0.25, -0.2) is 0 Å². The van der Waals surface area contributed by atoms with Crippen LogP contribution >= 0.6 is 0 Å². The fraction of sp³-hybridized carbons (Fsp3) is 0.488. The predicted octanol–water partition coefficient (Wildman–Crippen LogP) is 10.4. The van der Waals surface area contributed by atoms with E-state index in [2.05, 4.69) is 94.4 Å². The number of aryl methyl sites for hydroxylation is 3. The van der Waals surface area contributed by atoms with Gasteiger partial charge in [0.2, 0.25) is 0 Å². The van der Waals surface area contributed by atoms with Gasteiger partial charge in [0.25, 0.3) is 0 Å². The van der Waals surface area contributed by atoms with Crippen LogP contribution in [0.3, 0.4) is 0 Å². The molecule has 3 aromatic carbocycles. The molecule has 3 heteroatoms. The molecule has 236 valence electrons. The zero-order valence-corrected chi connectivity index (χ0v) is 28.1. The Balaban J connectivity index is 0.00000169. The van der Waals surface area contributed by atoms with Crippen molar-refractivity contribution in [1.82, 2.24) is 0 Å². The molecule has 0 N–H and O–H groups in total. The first-order valence-corrected chi connectivity index (χ1v) is 17.0. The van der Waals surface area contributed by atoms with Gasteiger partial charge < -0.3 is 0 Å². The van der Waals surface area contributed by atoms with Crippen molar-refractivity contribution >= 4 is 17.3 Å². The number of ketones is 3. The maximum absolute atomic E-state index is 13.5. The Morgan fingerprint density at radius 3 is 2.07 bits per heavy atom. The molecule has 0 heterocycles. The predicted molar refractivity (Wildman–Crippen MR) is 184 cm³/mol. The minimum absolute atomic E-state index is 0.0245. The van der Waals surface area contributed by atoms with Gasteiger partial charge in [0.05, 0.1) is 6.42 Å². The minimum Gasteiger partial charge on any atom is -0.300 e. The Hall–Kier alpha value is -3.33. The zero-order chi connectivity index (χ0) is 32.1. The number of benzene rings is 3. The summed E-state index contributed by atoms with van der Waals surface area (Å²) in [4.78, 5) is 38.2. The van der Waals surface area contributed by atoms with Crippen LogP contribution in [-0.4, -0.2) is 17.3 Å². The summed E-state index contributed by atoms with van der Waals surface area (Å²) in [5, 5.41) is 0. The van der Waals surface area contributed by atoms with E-state index in [1.54, 1.807) is 0 Å². The van der Waals surface area contributed by atoms with Crippen LogP contribution in [0.25, 0.3) is 11.1 Å². The van der Waals surface area contributed by atoms with Crippen LogP contribution in [0.1, 0.15) is 119 Å². The van der Waals surface area contributed by atoms with Crippen molar-refractivity contribution in [3.63, 3.8) is 0 Å². The lowest BCUT2D eigenvalue weighted by molar-refractivity contribution is -0.129. The summed E-state index contributed by atoms with van der Waals surface area (Å²) < 4.78 is 0. The Morgan fingerprint density at radius 1 is 0.841 bits per heavy atom. The number of Topliss-reactive ketones (excluding diaryl/α,β-unsaturated/α-hetero) is 3. The van der Waals surface area contributed by atoms with Gasteiger partial charge in [-0.05, 0) is 97.6 Å². The third-order valence-corrected chi connectivity index (χ3v) is 8.95. The summed E-state index contributed by atoms with van der Waals surface area (Å²) in [7, 11) is 0. The molecule has 3 atom stereocenters. The largest absolute Gasteiger partial charge is 0.300 e. The number of hydrogen-bond donors (Lipinski definition) is 0. The lowest BCUT2D eigenvalue weighted by atomic mass is 9.71. The van der Waals surface area contributed by atoms with E-state index in [4.69, 9.17) is 0 Å². The summed E-state index contributed by atoms with van der Waals surface area (Å²) in [5.74, 6) is 0.547. The average molecular weight is 595 g/mol. The minimum atomic E-state index is -0.109. The Labute approximate surface area is 266 Å². The first-order chi connectivity index (χ1) is 21.2. The van der Waals surface area contributed by atoms with Gasteiger partial charge in [0.15, 0.2) is 5.78 Å². The van der Waals surface area contributed by atoms with Crippen LogP contribution in [0.4, 0.5) is 0 Å². The molecule has 1 aliphatic rings. The van der Waals surface area contributed by atoms with Crippen molar-refractivity contribution in [3.8, 4) is 11.1 Å². The number of carbonyl (C=O) groups is 3. The van der Waals surface area contributed by atoms with E-state index in [9.17, 15) is 14.4 Å². The maximum Gasteiger partial charge on any atom is 0.163 e. The molecule has 1 aliphatic carbocycles. The van der Waals surface area contributed by atoms with Crippen molar-refractivity contribution < 1.29 is 14.4 Å². The molecule has 0 saturated carbocycles. The maximum atomic E-state index is 13.5. The molecule has 0 spiro atoms. The molecule has 0 aliphatic heterocycles. The quantitative estimate of drug-likeness (QED) is 0.174. The van der Waals surface area contributed by atoms with Gasteiger partial charge in [0.1, 0.15) is 11.6 Å². The van der Waals surface area contributed by atoms with Crippen molar-refractivity contribution in [2.24, 2.45) is 17.8 Å². The second-order valence-electron chi connectivity index (χ2n) is 12.9. The third-order valence-electron chi connectivity index (χ3n) is 8.95. The van der Waals surface area contributed by atoms with Crippen LogP contribution < -0.4 is 0 Å². The second-order valence-corrected chi connectivity index (χ2v) is 12.9. The SMILES string of the molecule is CCC.CCCC(CC1CC(=O)c2c(C)ccc(-c3ccc(CCCc4ccccc4)cc3)c2C1)C(CC)C(=O)CC(C)=O. The fourth-order valence-corrected chi connectivity index (χ4v) is 7.00. The first kappa shape index (κ1) is 35.2. The molecule has 0 fully saturated rings. The lowest BCUT2D eigenvalue weighted by Gasteiger charge is -2.32. The van der Waals surface area contributed by atoms with E-state index in [1.165, 1.54) is 30.0 Å². The first-order valence-electron chi connectivity index (χ1n) is 17.0. The van der Waals surface area contributed by atoms with Gasteiger partial charge in [-0.2, -0.15) is 0 Å². The monoisotopic (exact) mass is 594 g/mol. The van der Waals surface area contributed by atoms with Gasteiger partial charge in [0, 0.05) is 17.9 Å². The van der Waals surface area contributed by atoms with Crippen LogP contribution in [0, 0.1) is 24.7 Å². The van der Waals surface area contributed by atoms with Gasteiger partial charge in [-0.3, -0.25) is 14.4 Å². The fourth-order valence-electron chi connectivity index (χ4n) is 7.00. The summed E-state index contributed by atoms with van der Waals surface area (Å²) >= 11 is 0. The summed E-state index contributed by atoms with van der Waals surface area (Å²) in [6, 6.07) is 23.8. The molecule has 3 unspecified atom stereocenters. The molecular formula is C41H54O3. The number of fused-ring (bicyclic) bond motifs is 1. The number of rotatable bonds is 14. The Bertz CT molecular complexity index is 1350. The van der Waals surface area contributed by atoms with E-state index >= 15 is 0 Å². The zero-order valence-electron chi connectivity index (χ0n) is 28.1. The molecule has 3 aromatic rings. The Kier molecular flexibility index (Phi) is 14.2. The van der Waals surface area contributed by atoms with E-state index in [0.29, 0.717) is 6.42 Å². The van der Waals surface area contributed by atoms with E-state index in [0.717, 1.165) is 73.6 Å². The molecule has 0 aromatic heterocycles. The summed E-state index contributed by atoms with van der Waals surface area (Å²) in [6.07, 6.45) is 9.45. The van der Waals surface area contributed by atoms with Crippen LogP contribution in [-0.2, 0) is 28.9 Å². The third kappa shape index (κ3) is 9.84. The molecular weight excluding hydrogens is 540 g/mol. The van der Waals surface area contributed by atoms with E-state index < -0.39 is 0 Å². The van der Waals surface area contributed by atoms with Crippen LogP contribution in [0.15, 0.2) is 66.7 Å². The van der Waals surface area contributed by atoms with Gasteiger partial charge >= 0.3 is 0 Å². The van der Waals surface area contributed by atoms with Crippen LogP contribution in [0.2, 0.25) is 0 Å². The molecule has 3 nitrogen and oxygen atoms in total. The van der Waals surface area contributed by atoms with Gasteiger partial charge in [-0.15, -0.1) is 0 Å². The molecule has 44 heavy (non-hydrogen) atoms. The standard InChI is InChI=1S/C38H46O3.C3H8/c1-5-11-32(33(6-2)36(40)22-27(4)39)23-30-24-35-34(21-16-26(3)38(35)37(41)25-30)31-19-17-29(18-20-31)15-10-14-28-12-8-7-9-13-28;1-3-2/h7-9,12-13,16-21,30,32-33H,5-6,10-11,14-15,22-25H2,1-4H3;3H2,1-2H3. The van der Waals surface area contributed by atoms with Crippen molar-refractivity contribution in [3.05, 3.63) is 94.5 Å². The van der Waals surface area contributed by atoms with Crippen molar-refractivity contribution in [1.29, 1.82) is 0 Å². The lowest BCUT2D eigenvalue weighted by Crippen LogP contribution is -2.30. The summed E-state index contributed by atoms with van der Waals surface area (Å²) in [6.45, 7) is 12.0. The number of carbonyl (C=O) groups excluding carboxylic acids is 3. The molecule has 0 saturated heterocycles. The highest BCUT2D eigenvalue weighted by Gasteiger charge is 2.34. The molecule has 0 radical (unpaired) electrons. The van der Waals surface area contributed by atoms with Crippen molar-refractivity contribution in [2.75, 3.05) is 0 Å². The van der Waals surface area contributed by atoms with Crippen LogP contribution in [0.5, 0.6) is 0 Å². The molecule has 0 amide bonds. The average Bonchev–Trinajstić information content (AvgIpc) is 2.99. The second kappa shape index (κ2) is 17.8.